The Kier molecular flexibility index (Phi) is 3.51. The molecular formula is C15H15NO3. The third-order valence-corrected chi connectivity index (χ3v) is 3.03. The number of ether oxygens (including phenoxy) is 1. The van der Waals surface area contributed by atoms with Crippen molar-refractivity contribution in [3.63, 3.8) is 0 Å². The third-order valence-electron chi connectivity index (χ3n) is 3.03. The number of hydrogen-bond acceptors (Lipinski definition) is 3. The second-order valence-corrected chi connectivity index (χ2v) is 4.37. The SMILES string of the molecule is COc1c(C)cc(-c2ccncc2C(=O)O)cc1C. The Morgan fingerprint density at radius 2 is 1.89 bits per heavy atom. The van der Waals surface area contributed by atoms with Gasteiger partial charge in [-0.25, -0.2) is 4.79 Å². The molecule has 4 nitrogen and oxygen atoms in total. The van der Waals surface area contributed by atoms with Crippen LogP contribution in [0.2, 0.25) is 0 Å². The molecule has 0 atom stereocenters. The smallest absolute Gasteiger partial charge is 0.337 e. The number of carboxylic acid groups (broad SMARTS) is 1. The zero-order valence-corrected chi connectivity index (χ0v) is 11.1. The molecule has 0 aliphatic carbocycles. The fraction of sp³-hybridized carbons (Fsp3) is 0.200. The molecular weight excluding hydrogens is 242 g/mol. The van der Waals surface area contributed by atoms with Crippen LogP contribution >= 0.6 is 0 Å². The van der Waals surface area contributed by atoms with Gasteiger partial charge >= 0.3 is 5.97 Å². The van der Waals surface area contributed by atoms with Gasteiger partial charge in [0.25, 0.3) is 0 Å². The molecule has 1 N–H and O–H groups in total. The molecule has 98 valence electrons. The predicted molar refractivity (Wildman–Crippen MR) is 72.7 cm³/mol. The monoisotopic (exact) mass is 257 g/mol. The number of aromatic nitrogens is 1. The minimum Gasteiger partial charge on any atom is -0.496 e. The van der Waals surface area contributed by atoms with Crippen molar-refractivity contribution in [1.29, 1.82) is 0 Å². The molecule has 2 aromatic rings. The lowest BCUT2D eigenvalue weighted by Gasteiger charge is -2.12. The van der Waals surface area contributed by atoms with Crippen LogP contribution in [0.25, 0.3) is 11.1 Å². The van der Waals surface area contributed by atoms with Crippen LogP contribution in [0, 0.1) is 13.8 Å². The van der Waals surface area contributed by atoms with Gasteiger partial charge in [0.15, 0.2) is 0 Å². The highest BCUT2D eigenvalue weighted by Crippen LogP contribution is 2.31. The average Bonchev–Trinajstić information content (AvgIpc) is 2.38. The predicted octanol–water partition coefficient (Wildman–Crippen LogP) is 3.07. The van der Waals surface area contributed by atoms with Crippen LogP contribution in [-0.2, 0) is 0 Å². The van der Waals surface area contributed by atoms with E-state index in [1.54, 1.807) is 19.4 Å². The van der Waals surface area contributed by atoms with E-state index in [9.17, 15) is 9.90 Å². The van der Waals surface area contributed by atoms with Crippen molar-refractivity contribution in [2.24, 2.45) is 0 Å². The first kappa shape index (κ1) is 13.1. The van der Waals surface area contributed by atoms with E-state index < -0.39 is 5.97 Å². The normalized spacial score (nSPS) is 10.3. The molecule has 2 rings (SSSR count). The van der Waals surface area contributed by atoms with E-state index >= 15 is 0 Å². The van der Waals surface area contributed by atoms with Crippen LogP contribution in [0.4, 0.5) is 0 Å². The van der Waals surface area contributed by atoms with E-state index in [1.165, 1.54) is 6.20 Å². The molecule has 0 aliphatic rings. The fourth-order valence-electron chi connectivity index (χ4n) is 2.24. The molecule has 0 saturated carbocycles. The van der Waals surface area contributed by atoms with Gasteiger partial charge in [0.05, 0.1) is 12.7 Å². The van der Waals surface area contributed by atoms with Gasteiger partial charge < -0.3 is 9.84 Å². The lowest BCUT2D eigenvalue weighted by molar-refractivity contribution is 0.0697. The van der Waals surface area contributed by atoms with Crippen LogP contribution < -0.4 is 4.74 Å². The quantitative estimate of drug-likeness (QED) is 0.918. The number of methoxy groups -OCH3 is 1. The summed E-state index contributed by atoms with van der Waals surface area (Å²) in [6, 6.07) is 5.56. The van der Waals surface area contributed by atoms with Crippen molar-refractivity contribution in [3.8, 4) is 16.9 Å². The Morgan fingerprint density at radius 1 is 1.26 bits per heavy atom. The first-order chi connectivity index (χ1) is 9.04. The molecule has 0 aliphatic heterocycles. The summed E-state index contributed by atoms with van der Waals surface area (Å²) < 4.78 is 5.32. The third kappa shape index (κ3) is 2.42. The van der Waals surface area contributed by atoms with Crippen LogP contribution in [0.15, 0.2) is 30.6 Å². The van der Waals surface area contributed by atoms with E-state index in [2.05, 4.69) is 4.98 Å². The van der Waals surface area contributed by atoms with Gasteiger partial charge in [-0.15, -0.1) is 0 Å². The second kappa shape index (κ2) is 5.10. The molecule has 0 amide bonds. The Bertz CT molecular complexity index is 612. The van der Waals surface area contributed by atoms with Crippen molar-refractivity contribution < 1.29 is 14.6 Å². The highest BCUT2D eigenvalue weighted by molar-refractivity contribution is 5.95. The molecule has 1 aromatic heterocycles. The Hall–Kier alpha value is -2.36. The van der Waals surface area contributed by atoms with Crippen molar-refractivity contribution in [1.82, 2.24) is 4.98 Å². The minimum atomic E-state index is -0.978. The van der Waals surface area contributed by atoms with Crippen LogP contribution in [0.3, 0.4) is 0 Å². The highest BCUT2D eigenvalue weighted by atomic mass is 16.5. The van der Waals surface area contributed by atoms with Crippen LogP contribution in [0.5, 0.6) is 5.75 Å². The molecule has 0 saturated heterocycles. The minimum absolute atomic E-state index is 0.200. The summed E-state index contributed by atoms with van der Waals surface area (Å²) in [5.41, 5.74) is 3.68. The Balaban J connectivity index is 2.63. The van der Waals surface area contributed by atoms with Crippen molar-refractivity contribution in [3.05, 3.63) is 47.3 Å². The summed E-state index contributed by atoms with van der Waals surface area (Å²) in [5.74, 6) is -0.149. The molecule has 1 heterocycles. The molecule has 0 radical (unpaired) electrons. The van der Waals surface area contributed by atoms with Gasteiger partial charge in [0.1, 0.15) is 5.75 Å². The van der Waals surface area contributed by atoms with Gasteiger partial charge in [0.2, 0.25) is 0 Å². The van der Waals surface area contributed by atoms with Gasteiger partial charge in [-0.1, -0.05) is 0 Å². The molecule has 4 heteroatoms. The largest absolute Gasteiger partial charge is 0.496 e. The number of carbonyl (C=O) groups is 1. The molecule has 0 bridgehead atoms. The maximum absolute atomic E-state index is 11.2. The number of pyridine rings is 1. The van der Waals surface area contributed by atoms with Crippen LogP contribution in [-0.4, -0.2) is 23.2 Å². The summed E-state index contributed by atoms with van der Waals surface area (Å²) in [4.78, 5) is 15.1. The van der Waals surface area contributed by atoms with E-state index in [0.29, 0.717) is 5.56 Å². The Morgan fingerprint density at radius 3 is 2.42 bits per heavy atom. The summed E-state index contributed by atoms with van der Waals surface area (Å²) in [7, 11) is 1.63. The maximum atomic E-state index is 11.2. The maximum Gasteiger partial charge on any atom is 0.337 e. The summed E-state index contributed by atoms with van der Waals surface area (Å²) >= 11 is 0. The highest BCUT2D eigenvalue weighted by Gasteiger charge is 2.13. The van der Waals surface area contributed by atoms with E-state index in [1.807, 2.05) is 26.0 Å². The molecule has 19 heavy (non-hydrogen) atoms. The lowest BCUT2D eigenvalue weighted by Crippen LogP contribution is -2.01. The summed E-state index contributed by atoms with van der Waals surface area (Å²) in [6.45, 7) is 3.88. The fourth-order valence-corrected chi connectivity index (χ4v) is 2.24. The first-order valence-electron chi connectivity index (χ1n) is 5.87. The topological polar surface area (TPSA) is 59.4 Å². The van der Waals surface area contributed by atoms with E-state index in [0.717, 1.165) is 22.4 Å². The summed E-state index contributed by atoms with van der Waals surface area (Å²) in [6.07, 6.45) is 2.96. The number of hydrogen-bond donors (Lipinski definition) is 1. The second-order valence-electron chi connectivity index (χ2n) is 4.37. The number of carboxylic acids is 1. The zero-order chi connectivity index (χ0) is 14.0. The summed E-state index contributed by atoms with van der Waals surface area (Å²) in [5, 5.41) is 9.20. The number of aromatic carboxylic acids is 1. The van der Waals surface area contributed by atoms with Crippen molar-refractivity contribution in [2.75, 3.05) is 7.11 Å². The molecule has 0 spiro atoms. The molecule has 0 fully saturated rings. The number of rotatable bonds is 3. The van der Waals surface area contributed by atoms with Crippen molar-refractivity contribution >= 4 is 5.97 Å². The van der Waals surface area contributed by atoms with Crippen molar-refractivity contribution in [2.45, 2.75) is 13.8 Å². The van der Waals surface area contributed by atoms with Gasteiger partial charge in [-0.2, -0.15) is 0 Å². The first-order valence-corrected chi connectivity index (χ1v) is 5.87. The number of aryl methyl sites for hydroxylation is 2. The van der Waals surface area contributed by atoms with Gasteiger partial charge in [-0.05, 0) is 54.3 Å². The Labute approximate surface area is 111 Å². The average molecular weight is 257 g/mol. The number of nitrogens with zero attached hydrogens (tertiary/aromatic N) is 1. The number of benzene rings is 1. The zero-order valence-electron chi connectivity index (χ0n) is 11.1. The molecule has 1 aromatic carbocycles. The van der Waals surface area contributed by atoms with Gasteiger partial charge in [-0.3, -0.25) is 4.98 Å². The van der Waals surface area contributed by atoms with E-state index in [4.69, 9.17) is 4.74 Å². The molecule has 0 unspecified atom stereocenters. The van der Waals surface area contributed by atoms with Gasteiger partial charge in [0, 0.05) is 12.4 Å². The van der Waals surface area contributed by atoms with Crippen LogP contribution in [0.1, 0.15) is 21.5 Å². The van der Waals surface area contributed by atoms with E-state index in [-0.39, 0.29) is 5.56 Å². The lowest BCUT2D eigenvalue weighted by atomic mass is 9.97. The standard InChI is InChI=1S/C15H15NO3/c1-9-6-11(7-10(2)14(9)19-3)12-4-5-16-8-13(12)15(17)18/h4-8H,1-3H3,(H,17,18).